The second-order valence-corrected chi connectivity index (χ2v) is 4.85. The predicted molar refractivity (Wildman–Crippen MR) is 56.9 cm³/mol. The SMILES string of the molecule is CC(C)(C)OC(=O)c1n[nH]nc1C1CCN1. The molecule has 1 aromatic rings. The number of H-pyrrole nitrogens is 1. The van der Waals surface area contributed by atoms with E-state index in [1.54, 1.807) is 0 Å². The highest BCUT2D eigenvalue weighted by atomic mass is 16.6. The standard InChI is InChI=1S/C10H16N4O2/c1-10(2,3)16-9(15)8-7(12-14-13-8)6-4-5-11-6/h6,11H,4-5H2,1-3H3,(H,12,13,14). The molecule has 0 bridgehead atoms. The van der Waals surface area contributed by atoms with Crippen LogP contribution < -0.4 is 5.32 Å². The lowest BCUT2D eigenvalue weighted by Crippen LogP contribution is -2.36. The van der Waals surface area contributed by atoms with Gasteiger partial charge in [0.05, 0.1) is 6.04 Å². The fourth-order valence-corrected chi connectivity index (χ4v) is 1.48. The van der Waals surface area contributed by atoms with Crippen molar-refractivity contribution in [2.24, 2.45) is 0 Å². The number of ether oxygens (including phenoxy) is 1. The summed E-state index contributed by atoms with van der Waals surface area (Å²) in [7, 11) is 0. The summed E-state index contributed by atoms with van der Waals surface area (Å²) in [6.45, 7) is 6.43. The second kappa shape index (κ2) is 3.86. The van der Waals surface area contributed by atoms with E-state index in [-0.39, 0.29) is 11.7 Å². The minimum atomic E-state index is -0.514. The lowest BCUT2D eigenvalue weighted by atomic mass is 10.0. The molecule has 6 nitrogen and oxygen atoms in total. The molecule has 1 saturated heterocycles. The normalized spacial score (nSPS) is 20.3. The van der Waals surface area contributed by atoms with E-state index >= 15 is 0 Å². The maximum absolute atomic E-state index is 11.8. The first-order chi connectivity index (χ1) is 7.47. The van der Waals surface area contributed by atoms with Crippen molar-refractivity contribution in [1.29, 1.82) is 0 Å². The van der Waals surface area contributed by atoms with Crippen LogP contribution in [0.25, 0.3) is 0 Å². The van der Waals surface area contributed by atoms with E-state index in [0.29, 0.717) is 5.69 Å². The highest BCUT2D eigenvalue weighted by Gasteiger charge is 2.30. The van der Waals surface area contributed by atoms with Crippen LogP contribution in [-0.2, 0) is 4.74 Å². The van der Waals surface area contributed by atoms with Gasteiger partial charge >= 0.3 is 5.97 Å². The Balaban J connectivity index is 2.14. The second-order valence-electron chi connectivity index (χ2n) is 4.85. The number of carbonyl (C=O) groups is 1. The number of aromatic nitrogens is 3. The van der Waals surface area contributed by atoms with Crippen LogP contribution in [0.2, 0.25) is 0 Å². The molecule has 1 fully saturated rings. The van der Waals surface area contributed by atoms with E-state index in [4.69, 9.17) is 4.74 Å². The molecule has 1 atom stereocenters. The van der Waals surface area contributed by atoms with Crippen LogP contribution in [0.3, 0.4) is 0 Å². The number of rotatable bonds is 2. The number of nitrogens with one attached hydrogen (secondary N) is 2. The fourth-order valence-electron chi connectivity index (χ4n) is 1.48. The lowest BCUT2D eigenvalue weighted by molar-refractivity contribution is 0.00601. The average Bonchev–Trinajstić information content (AvgIpc) is 2.45. The molecule has 1 aliphatic rings. The number of esters is 1. The molecular weight excluding hydrogens is 208 g/mol. The summed E-state index contributed by atoms with van der Waals surface area (Å²) in [5, 5.41) is 13.5. The van der Waals surface area contributed by atoms with E-state index in [1.807, 2.05) is 20.8 Å². The summed E-state index contributed by atoms with van der Waals surface area (Å²) in [5.74, 6) is -0.426. The molecule has 2 N–H and O–H groups in total. The highest BCUT2D eigenvalue weighted by Crippen LogP contribution is 2.24. The summed E-state index contributed by atoms with van der Waals surface area (Å²) in [4.78, 5) is 11.8. The minimum absolute atomic E-state index is 0.126. The molecule has 0 aliphatic carbocycles. The Morgan fingerprint density at radius 2 is 2.12 bits per heavy atom. The van der Waals surface area contributed by atoms with Gasteiger partial charge in [-0.15, -0.1) is 5.10 Å². The van der Waals surface area contributed by atoms with Gasteiger partial charge in [0.25, 0.3) is 0 Å². The van der Waals surface area contributed by atoms with Gasteiger partial charge in [-0.05, 0) is 33.7 Å². The van der Waals surface area contributed by atoms with Crippen LogP contribution in [0.5, 0.6) is 0 Å². The molecule has 6 heteroatoms. The Bertz CT molecular complexity index is 390. The number of nitrogens with zero attached hydrogens (tertiary/aromatic N) is 2. The molecule has 88 valence electrons. The van der Waals surface area contributed by atoms with Crippen molar-refractivity contribution in [3.05, 3.63) is 11.4 Å². The van der Waals surface area contributed by atoms with Crippen LogP contribution in [-0.4, -0.2) is 33.5 Å². The lowest BCUT2D eigenvalue weighted by Gasteiger charge is -2.26. The molecular formula is C10H16N4O2. The summed E-state index contributed by atoms with van der Waals surface area (Å²) < 4.78 is 5.25. The van der Waals surface area contributed by atoms with Gasteiger partial charge in [-0.1, -0.05) is 0 Å². The van der Waals surface area contributed by atoms with Crippen molar-refractivity contribution in [3.8, 4) is 0 Å². The molecule has 0 amide bonds. The first-order valence-corrected chi connectivity index (χ1v) is 5.35. The maximum atomic E-state index is 11.8. The van der Waals surface area contributed by atoms with Gasteiger partial charge in [0, 0.05) is 0 Å². The first kappa shape index (κ1) is 11.1. The Morgan fingerprint density at radius 1 is 1.44 bits per heavy atom. The van der Waals surface area contributed by atoms with Gasteiger partial charge in [-0.3, -0.25) is 0 Å². The molecule has 2 rings (SSSR count). The van der Waals surface area contributed by atoms with E-state index < -0.39 is 11.6 Å². The van der Waals surface area contributed by atoms with E-state index in [2.05, 4.69) is 20.7 Å². The van der Waals surface area contributed by atoms with Crippen molar-refractivity contribution in [1.82, 2.24) is 20.7 Å². The van der Waals surface area contributed by atoms with Crippen LogP contribution in [0.15, 0.2) is 0 Å². The van der Waals surface area contributed by atoms with E-state index in [1.165, 1.54) is 0 Å². The quantitative estimate of drug-likeness (QED) is 0.726. The number of carbonyl (C=O) groups excluding carboxylic acids is 1. The van der Waals surface area contributed by atoms with Gasteiger partial charge in [-0.25, -0.2) is 4.79 Å². The molecule has 2 heterocycles. The van der Waals surface area contributed by atoms with E-state index in [0.717, 1.165) is 13.0 Å². The molecule has 0 spiro atoms. The Morgan fingerprint density at radius 3 is 2.62 bits per heavy atom. The van der Waals surface area contributed by atoms with Gasteiger partial charge in [0.1, 0.15) is 11.3 Å². The van der Waals surface area contributed by atoms with Crippen LogP contribution >= 0.6 is 0 Å². The Kier molecular flexibility index (Phi) is 2.67. The summed E-state index contributed by atoms with van der Waals surface area (Å²) in [6, 6.07) is 0.126. The zero-order valence-electron chi connectivity index (χ0n) is 9.70. The fraction of sp³-hybridized carbons (Fsp3) is 0.700. The zero-order valence-corrected chi connectivity index (χ0v) is 9.70. The van der Waals surface area contributed by atoms with Gasteiger partial charge < -0.3 is 10.1 Å². The summed E-state index contributed by atoms with van der Waals surface area (Å²) in [5.41, 5.74) is 0.424. The third kappa shape index (κ3) is 2.21. The molecule has 0 aromatic carbocycles. The Hall–Kier alpha value is -1.43. The van der Waals surface area contributed by atoms with Crippen LogP contribution in [0.4, 0.5) is 0 Å². The largest absolute Gasteiger partial charge is 0.455 e. The molecule has 1 aliphatic heterocycles. The average molecular weight is 224 g/mol. The third-order valence-corrected chi connectivity index (χ3v) is 2.32. The minimum Gasteiger partial charge on any atom is -0.455 e. The van der Waals surface area contributed by atoms with E-state index in [9.17, 15) is 4.79 Å². The molecule has 16 heavy (non-hydrogen) atoms. The third-order valence-electron chi connectivity index (χ3n) is 2.32. The molecule has 0 radical (unpaired) electrons. The van der Waals surface area contributed by atoms with Crippen molar-refractivity contribution >= 4 is 5.97 Å². The van der Waals surface area contributed by atoms with Crippen molar-refractivity contribution < 1.29 is 9.53 Å². The summed E-state index contributed by atoms with van der Waals surface area (Å²) >= 11 is 0. The van der Waals surface area contributed by atoms with Crippen molar-refractivity contribution in [2.45, 2.75) is 38.8 Å². The number of hydrogen-bond donors (Lipinski definition) is 2. The smallest absolute Gasteiger partial charge is 0.361 e. The summed E-state index contributed by atoms with van der Waals surface area (Å²) in [6.07, 6.45) is 0.975. The van der Waals surface area contributed by atoms with Crippen molar-refractivity contribution in [2.75, 3.05) is 6.54 Å². The molecule has 1 unspecified atom stereocenters. The number of hydrogen-bond acceptors (Lipinski definition) is 5. The Labute approximate surface area is 93.8 Å². The van der Waals surface area contributed by atoms with Gasteiger partial charge in [-0.2, -0.15) is 10.3 Å². The van der Waals surface area contributed by atoms with Crippen LogP contribution in [0.1, 0.15) is 49.4 Å². The van der Waals surface area contributed by atoms with Crippen molar-refractivity contribution in [3.63, 3.8) is 0 Å². The topological polar surface area (TPSA) is 79.9 Å². The number of aromatic amines is 1. The maximum Gasteiger partial charge on any atom is 0.361 e. The molecule has 0 saturated carbocycles. The zero-order chi connectivity index (χ0) is 11.8. The van der Waals surface area contributed by atoms with Crippen LogP contribution in [0, 0.1) is 0 Å². The monoisotopic (exact) mass is 224 g/mol. The molecule has 1 aromatic heterocycles. The van der Waals surface area contributed by atoms with Gasteiger partial charge in [0.2, 0.25) is 0 Å². The first-order valence-electron chi connectivity index (χ1n) is 5.35. The highest BCUT2D eigenvalue weighted by molar-refractivity contribution is 5.88. The predicted octanol–water partition coefficient (Wildman–Crippen LogP) is 0.794. The van der Waals surface area contributed by atoms with Gasteiger partial charge in [0.15, 0.2) is 5.69 Å².